The van der Waals surface area contributed by atoms with E-state index in [4.69, 9.17) is 4.74 Å². The number of piperidine rings is 1. The van der Waals surface area contributed by atoms with Crippen LogP contribution < -0.4 is 15.4 Å². The molecule has 0 saturated carbocycles. The van der Waals surface area contributed by atoms with E-state index in [9.17, 15) is 9.59 Å². The van der Waals surface area contributed by atoms with E-state index in [0.29, 0.717) is 25.3 Å². The van der Waals surface area contributed by atoms with Gasteiger partial charge in [-0.15, -0.1) is 11.3 Å². The van der Waals surface area contributed by atoms with Gasteiger partial charge in [-0.25, -0.2) is 9.78 Å². The maximum Gasteiger partial charge on any atom is 0.319 e. The van der Waals surface area contributed by atoms with E-state index in [1.807, 2.05) is 65.7 Å². The Morgan fingerprint density at radius 1 is 1.15 bits per heavy atom. The molecule has 2 aromatic carbocycles. The van der Waals surface area contributed by atoms with Crippen LogP contribution in [0.4, 0.5) is 10.5 Å². The van der Waals surface area contributed by atoms with E-state index in [1.165, 1.54) is 11.3 Å². The van der Waals surface area contributed by atoms with E-state index in [2.05, 4.69) is 15.6 Å². The molecule has 2 heterocycles. The Morgan fingerprint density at radius 3 is 2.64 bits per heavy atom. The van der Waals surface area contributed by atoms with Gasteiger partial charge in [-0.1, -0.05) is 17.7 Å². The van der Waals surface area contributed by atoms with Gasteiger partial charge >= 0.3 is 6.03 Å². The number of hydrogen-bond acceptors (Lipinski definition) is 5. The van der Waals surface area contributed by atoms with Gasteiger partial charge in [0.1, 0.15) is 16.5 Å². The highest BCUT2D eigenvalue weighted by atomic mass is 32.1. The predicted molar refractivity (Wildman–Crippen MR) is 131 cm³/mol. The molecule has 1 aliphatic heterocycles. The topological polar surface area (TPSA) is 83.6 Å². The van der Waals surface area contributed by atoms with Crippen LogP contribution >= 0.6 is 11.3 Å². The van der Waals surface area contributed by atoms with Gasteiger partial charge in [-0.3, -0.25) is 4.79 Å². The molecular weight excluding hydrogens is 436 g/mol. The van der Waals surface area contributed by atoms with Gasteiger partial charge in [0, 0.05) is 36.3 Å². The first-order valence-corrected chi connectivity index (χ1v) is 11.9. The second kappa shape index (κ2) is 10.5. The molecule has 0 spiro atoms. The number of thiazole rings is 1. The third-order valence-corrected chi connectivity index (χ3v) is 6.62. The summed E-state index contributed by atoms with van der Waals surface area (Å²) in [4.78, 5) is 31.7. The third kappa shape index (κ3) is 5.90. The maximum absolute atomic E-state index is 13.0. The first kappa shape index (κ1) is 22.8. The lowest BCUT2D eigenvalue weighted by molar-refractivity contribution is 0.0670. The molecule has 4 rings (SSSR count). The van der Waals surface area contributed by atoms with Gasteiger partial charge in [-0.2, -0.15) is 0 Å². The third-order valence-electron chi connectivity index (χ3n) is 5.73. The summed E-state index contributed by atoms with van der Waals surface area (Å²) in [5.74, 6) is 0.943. The largest absolute Gasteiger partial charge is 0.497 e. The first-order valence-electron chi connectivity index (χ1n) is 11.0. The fraction of sp³-hybridized carbons (Fsp3) is 0.320. The van der Waals surface area contributed by atoms with Crippen LogP contribution in [0.3, 0.4) is 0 Å². The van der Waals surface area contributed by atoms with E-state index < -0.39 is 0 Å². The summed E-state index contributed by atoms with van der Waals surface area (Å²) in [5.41, 5.74) is 3.33. The van der Waals surface area contributed by atoms with Crippen molar-refractivity contribution in [2.45, 2.75) is 19.8 Å². The molecule has 7 nitrogen and oxygen atoms in total. The molecule has 1 atom stereocenters. The molecule has 8 heteroatoms. The lowest BCUT2D eigenvalue weighted by Gasteiger charge is -2.32. The molecular formula is C25H28N4O3S. The van der Waals surface area contributed by atoms with Crippen molar-refractivity contribution >= 4 is 29.0 Å². The highest BCUT2D eigenvalue weighted by molar-refractivity contribution is 7.13. The summed E-state index contributed by atoms with van der Waals surface area (Å²) in [5, 5.41) is 8.41. The lowest BCUT2D eigenvalue weighted by atomic mass is 9.98. The summed E-state index contributed by atoms with van der Waals surface area (Å²) in [7, 11) is 1.63. The van der Waals surface area contributed by atoms with Gasteiger partial charge in [0.05, 0.1) is 7.11 Å². The fourth-order valence-corrected chi connectivity index (χ4v) is 4.67. The van der Waals surface area contributed by atoms with Crippen molar-refractivity contribution < 1.29 is 14.3 Å². The number of nitrogens with zero attached hydrogens (tertiary/aromatic N) is 2. The van der Waals surface area contributed by atoms with E-state index in [-0.39, 0.29) is 17.9 Å². The number of aryl methyl sites for hydroxylation is 1. The minimum Gasteiger partial charge on any atom is -0.497 e. The van der Waals surface area contributed by atoms with Crippen LogP contribution in [0.15, 0.2) is 53.9 Å². The van der Waals surface area contributed by atoms with Gasteiger partial charge in [0.25, 0.3) is 5.91 Å². The molecule has 1 fully saturated rings. The summed E-state index contributed by atoms with van der Waals surface area (Å²) in [6.45, 7) is 3.85. The Balaban J connectivity index is 1.30. The molecule has 1 aliphatic rings. The number of rotatable bonds is 6. The Morgan fingerprint density at radius 2 is 1.91 bits per heavy atom. The van der Waals surface area contributed by atoms with E-state index in [1.54, 1.807) is 7.11 Å². The normalized spacial score (nSPS) is 15.7. The van der Waals surface area contributed by atoms with Crippen LogP contribution in [0.5, 0.6) is 5.75 Å². The summed E-state index contributed by atoms with van der Waals surface area (Å²) >= 11 is 1.46. The number of carbonyl (C=O) groups excluding carboxylic acids is 2. The van der Waals surface area contributed by atoms with Crippen LogP contribution in [0.2, 0.25) is 0 Å². The quantitative estimate of drug-likeness (QED) is 0.549. The fourth-order valence-electron chi connectivity index (χ4n) is 3.87. The Bertz CT molecular complexity index is 1100. The molecule has 0 bridgehead atoms. The minimum atomic E-state index is -0.231. The van der Waals surface area contributed by atoms with Crippen LogP contribution in [0.1, 0.15) is 28.9 Å². The van der Waals surface area contributed by atoms with Crippen LogP contribution in [0.25, 0.3) is 10.6 Å². The van der Waals surface area contributed by atoms with Crippen molar-refractivity contribution in [3.05, 3.63) is 65.2 Å². The zero-order valence-electron chi connectivity index (χ0n) is 18.8. The average molecular weight is 465 g/mol. The van der Waals surface area contributed by atoms with Crippen LogP contribution in [-0.4, -0.2) is 48.6 Å². The standard InChI is InChI=1S/C25H28N4O3S/c1-17-5-9-20(10-6-17)27-25(31)26-14-18-4-3-13-29(15-18)24(30)22-16-33-23(28-22)19-7-11-21(32-2)12-8-19/h5-12,16,18H,3-4,13-15H2,1-2H3,(H2,26,27,31). The van der Waals surface area contributed by atoms with Gasteiger partial charge in [0.15, 0.2) is 0 Å². The lowest BCUT2D eigenvalue weighted by Crippen LogP contribution is -2.44. The number of ether oxygens (including phenoxy) is 1. The average Bonchev–Trinajstić information content (AvgIpc) is 3.34. The minimum absolute atomic E-state index is 0.0557. The highest BCUT2D eigenvalue weighted by Crippen LogP contribution is 2.27. The second-order valence-corrected chi connectivity index (χ2v) is 9.08. The number of aromatic nitrogens is 1. The number of carbonyl (C=O) groups is 2. The first-order chi connectivity index (χ1) is 16.0. The van der Waals surface area contributed by atoms with Crippen LogP contribution in [-0.2, 0) is 0 Å². The molecule has 0 aliphatic carbocycles. The number of amides is 3. The molecule has 3 aromatic rings. The van der Waals surface area contributed by atoms with Gasteiger partial charge < -0.3 is 20.3 Å². The number of benzene rings is 2. The molecule has 1 aromatic heterocycles. The number of anilines is 1. The highest BCUT2D eigenvalue weighted by Gasteiger charge is 2.26. The summed E-state index contributed by atoms with van der Waals surface area (Å²) in [6.07, 6.45) is 1.88. The molecule has 0 radical (unpaired) electrons. The van der Waals surface area contributed by atoms with Crippen molar-refractivity contribution in [3.8, 4) is 16.3 Å². The Labute approximate surface area is 197 Å². The molecule has 1 saturated heterocycles. The monoisotopic (exact) mass is 464 g/mol. The zero-order valence-corrected chi connectivity index (χ0v) is 19.7. The Kier molecular flexibility index (Phi) is 7.24. The predicted octanol–water partition coefficient (Wildman–Crippen LogP) is 4.80. The van der Waals surface area contributed by atoms with Crippen LogP contribution in [0, 0.1) is 12.8 Å². The Hall–Kier alpha value is -3.39. The van der Waals surface area contributed by atoms with Gasteiger partial charge in [-0.05, 0) is 62.1 Å². The SMILES string of the molecule is COc1ccc(-c2nc(C(=O)N3CCCC(CNC(=O)Nc4ccc(C)cc4)C3)cs2)cc1. The number of likely N-dealkylation sites (tertiary alicyclic amines) is 1. The number of urea groups is 1. The molecule has 2 N–H and O–H groups in total. The number of hydrogen-bond donors (Lipinski definition) is 2. The summed E-state index contributed by atoms with van der Waals surface area (Å²) < 4.78 is 5.20. The van der Waals surface area contributed by atoms with Gasteiger partial charge in [0.2, 0.25) is 0 Å². The van der Waals surface area contributed by atoms with Crippen molar-refractivity contribution in [2.75, 3.05) is 32.1 Å². The maximum atomic E-state index is 13.0. The molecule has 172 valence electrons. The van der Waals surface area contributed by atoms with Crippen molar-refractivity contribution in [3.63, 3.8) is 0 Å². The van der Waals surface area contributed by atoms with E-state index in [0.717, 1.165) is 40.4 Å². The molecule has 1 unspecified atom stereocenters. The van der Waals surface area contributed by atoms with Crippen molar-refractivity contribution in [1.82, 2.24) is 15.2 Å². The second-order valence-electron chi connectivity index (χ2n) is 8.23. The summed E-state index contributed by atoms with van der Waals surface area (Å²) in [6, 6.07) is 15.1. The smallest absolute Gasteiger partial charge is 0.319 e. The van der Waals surface area contributed by atoms with Crippen molar-refractivity contribution in [1.29, 1.82) is 0 Å². The van der Waals surface area contributed by atoms with Crippen molar-refractivity contribution in [2.24, 2.45) is 5.92 Å². The number of nitrogens with one attached hydrogen (secondary N) is 2. The molecule has 3 amide bonds. The van der Waals surface area contributed by atoms with E-state index >= 15 is 0 Å². The number of methoxy groups -OCH3 is 1. The zero-order chi connectivity index (χ0) is 23.2. The molecule has 33 heavy (non-hydrogen) atoms.